The molecule has 0 bridgehead atoms. The summed E-state index contributed by atoms with van der Waals surface area (Å²) >= 11 is 0. The first kappa shape index (κ1) is 8.23. The minimum atomic E-state index is -0.431. The van der Waals surface area contributed by atoms with Gasteiger partial charge in [-0.15, -0.1) is 0 Å². The first-order valence-electron chi connectivity index (χ1n) is 2.98. The van der Waals surface area contributed by atoms with Crippen LogP contribution < -0.4 is 10.8 Å². The summed E-state index contributed by atoms with van der Waals surface area (Å²) in [5.74, 6) is 0. The Labute approximate surface area is 54.5 Å². The Bertz CT molecular complexity index is 85.0. The molecule has 0 aliphatic rings. The summed E-state index contributed by atoms with van der Waals surface area (Å²) in [7, 11) is 0. The van der Waals surface area contributed by atoms with Crippen LogP contribution in [0, 0.1) is 0 Å². The van der Waals surface area contributed by atoms with Gasteiger partial charge in [-0.3, -0.25) is 0 Å². The Morgan fingerprint density at radius 1 is 1.44 bits per heavy atom. The molecule has 0 unspecified atom stereocenters. The molecular weight excluding hydrogens is 120 g/mol. The number of carbonyl (C=O) groups excluding carboxylic acids is 1. The van der Waals surface area contributed by atoms with Crippen LogP contribution >= 0.6 is 0 Å². The van der Waals surface area contributed by atoms with Crippen molar-refractivity contribution < 1.29 is 9.63 Å². The summed E-state index contributed by atoms with van der Waals surface area (Å²) in [5, 5.41) is 2.46. The highest BCUT2D eigenvalue weighted by Gasteiger charge is 1.94. The van der Waals surface area contributed by atoms with Gasteiger partial charge in [-0.25, -0.2) is 4.79 Å². The highest BCUT2D eigenvalue weighted by atomic mass is 16.7. The molecule has 0 heterocycles. The summed E-state index contributed by atoms with van der Waals surface area (Å²) < 4.78 is 0. The van der Waals surface area contributed by atoms with Crippen LogP contribution in [-0.4, -0.2) is 19.2 Å². The van der Waals surface area contributed by atoms with E-state index in [1.54, 1.807) is 0 Å². The Morgan fingerprint density at radius 2 is 2.11 bits per heavy atom. The van der Waals surface area contributed by atoms with Gasteiger partial charge in [0.05, 0.1) is 0 Å². The second-order valence-corrected chi connectivity index (χ2v) is 1.42. The van der Waals surface area contributed by atoms with Gasteiger partial charge in [0.1, 0.15) is 0 Å². The third-order valence-electron chi connectivity index (χ3n) is 0.630. The van der Waals surface area contributed by atoms with Crippen LogP contribution in [0.5, 0.6) is 0 Å². The maximum atomic E-state index is 10.4. The molecule has 0 aromatic carbocycles. The minimum Gasteiger partial charge on any atom is -0.354 e. The van der Waals surface area contributed by atoms with Crippen LogP contribution in [0.15, 0.2) is 0 Å². The zero-order valence-electron chi connectivity index (χ0n) is 5.73. The predicted octanol–water partition coefficient (Wildman–Crippen LogP) is 0.257. The quantitative estimate of drug-likeness (QED) is 0.541. The van der Waals surface area contributed by atoms with Crippen molar-refractivity contribution >= 4 is 6.09 Å². The lowest BCUT2D eigenvalue weighted by molar-refractivity contribution is 0.0930. The molecule has 0 atom stereocenters. The highest BCUT2D eigenvalue weighted by molar-refractivity contribution is 5.66. The van der Waals surface area contributed by atoms with Crippen molar-refractivity contribution in [2.24, 2.45) is 0 Å². The summed E-state index contributed by atoms with van der Waals surface area (Å²) in [5.41, 5.74) is 2.42. The molecule has 0 saturated carbocycles. The number of carbonyl (C=O) groups is 1. The number of nitrogens with one attached hydrogen (secondary N) is 2. The monoisotopic (exact) mass is 132 g/mol. The average molecular weight is 132 g/mol. The van der Waals surface area contributed by atoms with E-state index >= 15 is 0 Å². The first-order valence-corrected chi connectivity index (χ1v) is 2.98. The molecule has 0 aliphatic heterocycles. The van der Waals surface area contributed by atoms with E-state index in [1.807, 2.05) is 13.8 Å². The minimum absolute atomic E-state index is 0.431. The topological polar surface area (TPSA) is 50.4 Å². The molecular formula is C5H12N2O2. The van der Waals surface area contributed by atoms with E-state index in [1.165, 1.54) is 0 Å². The lowest BCUT2D eigenvalue weighted by Crippen LogP contribution is -2.29. The molecule has 0 spiro atoms. The molecule has 54 valence electrons. The Kier molecular flexibility index (Phi) is 4.91. The summed E-state index contributed by atoms with van der Waals surface area (Å²) in [6.07, 6.45) is -0.431. The Balaban J connectivity index is 3.06. The molecule has 9 heavy (non-hydrogen) atoms. The van der Waals surface area contributed by atoms with Crippen molar-refractivity contribution in [3.8, 4) is 0 Å². The fourth-order valence-corrected chi connectivity index (χ4v) is 0.318. The standard InChI is InChI=1S/C5H12N2O2/c1-3-6-5(8)9-7-4-2/h7H,3-4H2,1-2H3,(H,6,8). The van der Waals surface area contributed by atoms with Crippen LogP contribution in [0.1, 0.15) is 13.8 Å². The Hall–Kier alpha value is -0.770. The lowest BCUT2D eigenvalue weighted by atomic mass is 10.8. The Morgan fingerprint density at radius 3 is 2.56 bits per heavy atom. The predicted molar refractivity (Wildman–Crippen MR) is 33.8 cm³/mol. The molecule has 0 aliphatic carbocycles. The van der Waals surface area contributed by atoms with Gasteiger partial charge in [-0.2, -0.15) is 5.48 Å². The van der Waals surface area contributed by atoms with Crippen molar-refractivity contribution in [2.75, 3.05) is 13.1 Å². The van der Waals surface area contributed by atoms with Crippen molar-refractivity contribution in [2.45, 2.75) is 13.8 Å². The zero-order chi connectivity index (χ0) is 7.11. The molecule has 0 fully saturated rings. The smallest absolute Gasteiger partial charge is 0.354 e. The summed E-state index contributed by atoms with van der Waals surface area (Å²) in [6.45, 7) is 4.88. The van der Waals surface area contributed by atoms with Gasteiger partial charge in [0.2, 0.25) is 0 Å². The van der Waals surface area contributed by atoms with Gasteiger partial charge < -0.3 is 10.2 Å². The third kappa shape index (κ3) is 5.10. The largest absolute Gasteiger partial charge is 0.426 e. The van der Waals surface area contributed by atoms with E-state index in [9.17, 15) is 4.79 Å². The van der Waals surface area contributed by atoms with E-state index in [4.69, 9.17) is 0 Å². The zero-order valence-corrected chi connectivity index (χ0v) is 5.73. The van der Waals surface area contributed by atoms with Crippen LogP contribution in [0.4, 0.5) is 4.79 Å². The van der Waals surface area contributed by atoms with Crippen LogP contribution in [-0.2, 0) is 4.84 Å². The SMILES string of the molecule is CCNOC(=O)NCC. The van der Waals surface area contributed by atoms with E-state index in [0.29, 0.717) is 13.1 Å². The number of hydrogen-bond acceptors (Lipinski definition) is 3. The van der Waals surface area contributed by atoms with Crippen LogP contribution in [0.25, 0.3) is 0 Å². The fourth-order valence-electron chi connectivity index (χ4n) is 0.318. The van der Waals surface area contributed by atoms with Crippen LogP contribution in [0.2, 0.25) is 0 Å². The number of hydrogen-bond donors (Lipinski definition) is 2. The van der Waals surface area contributed by atoms with Gasteiger partial charge >= 0.3 is 6.09 Å². The van der Waals surface area contributed by atoms with Gasteiger partial charge in [0, 0.05) is 13.1 Å². The second-order valence-electron chi connectivity index (χ2n) is 1.42. The van der Waals surface area contributed by atoms with Crippen LogP contribution in [0.3, 0.4) is 0 Å². The molecule has 2 N–H and O–H groups in total. The van der Waals surface area contributed by atoms with Gasteiger partial charge in [-0.1, -0.05) is 0 Å². The lowest BCUT2D eigenvalue weighted by Gasteiger charge is -2.01. The number of rotatable bonds is 3. The molecule has 0 aromatic rings. The van der Waals surface area contributed by atoms with E-state index in [2.05, 4.69) is 15.6 Å². The van der Waals surface area contributed by atoms with Gasteiger partial charge in [0.25, 0.3) is 0 Å². The van der Waals surface area contributed by atoms with Crippen molar-refractivity contribution in [1.82, 2.24) is 10.8 Å². The normalized spacial score (nSPS) is 8.67. The van der Waals surface area contributed by atoms with E-state index in [-0.39, 0.29) is 0 Å². The third-order valence-corrected chi connectivity index (χ3v) is 0.630. The fraction of sp³-hybridized carbons (Fsp3) is 0.800. The van der Waals surface area contributed by atoms with Gasteiger partial charge in [-0.05, 0) is 13.8 Å². The first-order chi connectivity index (χ1) is 4.31. The maximum Gasteiger partial charge on any atom is 0.426 e. The molecule has 0 radical (unpaired) electrons. The molecule has 1 amide bonds. The maximum absolute atomic E-state index is 10.4. The second kappa shape index (κ2) is 5.37. The molecule has 4 nitrogen and oxygen atoms in total. The van der Waals surface area contributed by atoms with E-state index < -0.39 is 6.09 Å². The molecule has 0 saturated heterocycles. The molecule has 0 aromatic heterocycles. The van der Waals surface area contributed by atoms with Crippen molar-refractivity contribution in [1.29, 1.82) is 0 Å². The summed E-state index contributed by atoms with van der Waals surface area (Å²) in [6, 6.07) is 0. The van der Waals surface area contributed by atoms with Gasteiger partial charge in [0.15, 0.2) is 0 Å². The average Bonchev–Trinajstić information content (AvgIpc) is 1.85. The van der Waals surface area contributed by atoms with E-state index in [0.717, 1.165) is 0 Å². The molecule has 4 heteroatoms. The number of hydroxylamine groups is 1. The number of amides is 1. The molecule has 0 rings (SSSR count). The van der Waals surface area contributed by atoms with Crippen molar-refractivity contribution in [3.63, 3.8) is 0 Å². The highest BCUT2D eigenvalue weighted by Crippen LogP contribution is 1.68. The summed E-state index contributed by atoms with van der Waals surface area (Å²) in [4.78, 5) is 14.8. The van der Waals surface area contributed by atoms with Crippen molar-refractivity contribution in [3.05, 3.63) is 0 Å².